The molecule has 0 heterocycles. The molecule has 0 bridgehead atoms. The van der Waals surface area contributed by atoms with Gasteiger partial charge in [0.25, 0.3) is 0 Å². The largest absolute Gasteiger partial charge is 0.367 e. The van der Waals surface area contributed by atoms with Gasteiger partial charge in [-0.25, -0.2) is 8.78 Å². The molecule has 120 valence electrons. The summed E-state index contributed by atoms with van der Waals surface area (Å²) in [5, 5.41) is 3.80. The highest BCUT2D eigenvalue weighted by atomic mass is 19.1. The van der Waals surface area contributed by atoms with Crippen LogP contribution in [0.2, 0.25) is 0 Å². The van der Waals surface area contributed by atoms with Gasteiger partial charge < -0.3 is 9.57 Å². The molecule has 0 saturated heterocycles. The van der Waals surface area contributed by atoms with E-state index >= 15 is 0 Å². The minimum absolute atomic E-state index is 0.0282. The van der Waals surface area contributed by atoms with Crippen LogP contribution in [0.4, 0.5) is 8.78 Å². The fourth-order valence-corrected chi connectivity index (χ4v) is 2.68. The Kier molecular flexibility index (Phi) is 5.24. The first-order chi connectivity index (χ1) is 10.5. The summed E-state index contributed by atoms with van der Waals surface area (Å²) in [4.78, 5) is 17.5. The molecule has 22 heavy (non-hydrogen) atoms. The molecule has 1 fully saturated rings. The number of nitrogens with zero attached hydrogens (tertiary/aromatic N) is 1. The third kappa shape index (κ3) is 3.32. The average Bonchev–Trinajstić information content (AvgIpc) is 3.28. The van der Waals surface area contributed by atoms with Crippen molar-refractivity contribution in [3.8, 4) is 0 Å². The summed E-state index contributed by atoms with van der Waals surface area (Å²) in [6.07, 6.45) is 3.58. The van der Waals surface area contributed by atoms with Crippen molar-refractivity contribution in [2.24, 2.45) is 16.5 Å². The van der Waals surface area contributed by atoms with Crippen LogP contribution in [0.5, 0.6) is 0 Å². The van der Waals surface area contributed by atoms with Crippen LogP contribution in [0.15, 0.2) is 23.4 Å². The van der Waals surface area contributed by atoms with Gasteiger partial charge in [-0.15, -0.1) is 0 Å². The van der Waals surface area contributed by atoms with E-state index < -0.39 is 17.0 Å². The Morgan fingerprint density at radius 3 is 2.73 bits per heavy atom. The maximum Gasteiger partial charge on any atom is 0.216 e. The second-order valence-electron chi connectivity index (χ2n) is 5.41. The molecule has 0 spiro atoms. The van der Waals surface area contributed by atoms with Gasteiger partial charge in [0.05, 0.1) is 5.56 Å². The van der Waals surface area contributed by atoms with Gasteiger partial charge in [-0.1, -0.05) is 12.1 Å². The number of benzene rings is 1. The van der Waals surface area contributed by atoms with Crippen LogP contribution in [0, 0.1) is 23.0 Å². The first-order valence-corrected chi connectivity index (χ1v) is 7.19. The molecule has 0 aromatic heterocycles. The summed E-state index contributed by atoms with van der Waals surface area (Å²) in [5.41, 5.74) is -0.726. The zero-order chi connectivity index (χ0) is 16.2. The Morgan fingerprint density at radius 2 is 2.18 bits per heavy atom. The summed E-state index contributed by atoms with van der Waals surface area (Å²) in [5.74, 6) is -1.96. The van der Waals surface area contributed by atoms with E-state index in [1.807, 2.05) is 6.92 Å². The van der Waals surface area contributed by atoms with Crippen molar-refractivity contribution in [1.29, 1.82) is 0 Å². The predicted octanol–water partition coefficient (Wildman–Crippen LogP) is 3.56. The molecule has 0 aliphatic heterocycles. The van der Waals surface area contributed by atoms with E-state index in [1.165, 1.54) is 13.2 Å². The Balaban J connectivity index is 2.17. The van der Waals surface area contributed by atoms with Crippen molar-refractivity contribution in [2.75, 3.05) is 13.9 Å². The van der Waals surface area contributed by atoms with Crippen LogP contribution in [-0.4, -0.2) is 25.9 Å². The van der Waals surface area contributed by atoms with Gasteiger partial charge in [0.15, 0.2) is 5.78 Å². The molecule has 2 rings (SSSR count). The molecule has 1 aromatic carbocycles. The van der Waals surface area contributed by atoms with Gasteiger partial charge in [0.1, 0.15) is 11.6 Å². The second kappa shape index (κ2) is 6.96. The van der Waals surface area contributed by atoms with Crippen LogP contribution in [0.3, 0.4) is 0 Å². The molecule has 0 N–H and O–H groups in total. The van der Waals surface area contributed by atoms with E-state index in [1.54, 1.807) is 6.21 Å². The average molecular weight is 311 g/mol. The number of carbonyl (C=O) groups excluding carboxylic acids is 1. The Labute approximate surface area is 128 Å². The van der Waals surface area contributed by atoms with Gasteiger partial charge >= 0.3 is 0 Å². The van der Waals surface area contributed by atoms with Crippen molar-refractivity contribution in [2.45, 2.75) is 26.2 Å². The Morgan fingerprint density at radius 1 is 1.45 bits per heavy atom. The fourth-order valence-electron chi connectivity index (χ4n) is 2.68. The van der Waals surface area contributed by atoms with Crippen LogP contribution in [0.25, 0.3) is 0 Å². The normalized spacial score (nSPS) is 17.5. The minimum Gasteiger partial charge on any atom is -0.367 e. The third-order valence-corrected chi connectivity index (χ3v) is 4.05. The second-order valence-corrected chi connectivity index (χ2v) is 5.41. The number of ketones is 1. The number of oxime groups is 1. The maximum absolute atomic E-state index is 13.8. The lowest BCUT2D eigenvalue weighted by Gasteiger charge is -2.21. The Hall–Kier alpha value is -1.82. The topological polar surface area (TPSA) is 47.9 Å². The highest BCUT2D eigenvalue weighted by molar-refractivity contribution is 6.04. The molecule has 1 atom stereocenters. The lowest BCUT2D eigenvalue weighted by atomic mass is 9.81. The van der Waals surface area contributed by atoms with Crippen LogP contribution in [-0.2, 0) is 9.57 Å². The van der Waals surface area contributed by atoms with E-state index in [2.05, 4.69) is 5.16 Å². The van der Waals surface area contributed by atoms with E-state index in [0.717, 1.165) is 12.1 Å². The van der Waals surface area contributed by atoms with Crippen molar-refractivity contribution < 1.29 is 23.1 Å². The standard InChI is InChI=1S/C16H19F2NO3/c1-3-11(9-19-22-10-21-2)16(6-7-16)15(20)13-5-4-12(17)8-14(13)18/h4-5,8-9,11H,3,6-7,10H2,1-2H3. The van der Waals surface area contributed by atoms with E-state index in [-0.39, 0.29) is 24.1 Å². The van der Waals surface area contributed by atoms with Crippen LogP contribution >= 0.6 is 0 Å². The minimum atomic E-state index is -0.821. The molecule has 1 unspecified atom stereocenters. The highest BCUT2D eigenvalue weighted by Gasteiger charge is 2.54. The Bertz CT molecular complexity index is 571. The maximum atomic E-state index is 13.8. The number of methoxy groups -OCH3 is 1. The van der Waals surface area contributed by atoms with Gasteiger partial charge in [0, 0.05) is 30.7 Å². The predicted molar refractivity (Wildman–Crippen MR) is 77.6 cm³/mol. The smallest absolute Gasteiger partial charge is 0.216 e. The molecule has 0 amide bonds. The lowest BCUT2D eigenvalue weighted by Crippen LogP contribution is -2.27. The molecule has 4 nitrogen and oxygen atoms in total. The van der Waals surface area contributed by atoms with E-state index in [0.29, 0.717) is 19.3 Å². The lowest BCUT2D eigenvalue weighted by molar-refractivity contribution is -0.0282. The molecule has 0 radical (unpaired) electrons. The number of rotatable bonds is 8. The van der Waals surface area contributed by atoms with Crippen molar-refractivity contribution in [3.05, 3.63) is 35.4 Å². The van der Waals surface area contributed by atoms with Crippen LogP contribution < -0.4 is 0 Å². The first-order valence-electron chi connectivity index (χ1n) is 7.19. The molecule has 1 saturated carbocycles. The summed E-state index contributed by atoms with van der Waals surface area (Å²) < 4.78 is 31.5. The molecular weight excluding hydrogens is 292 g/mol. The van der Waals surface area contributed by atoms with Gasteiger partial charge in [-0.2, -0.15) is 0 Å². The summed E-state index contributed by atoms with van der Waals surface area (Å²) in [6, 6.07) is 3.04. The quantitative estimate of drug-likeness (QED) is 0.242. The van der Waals surface area contributed by atoms with E-state index in [9.17, 15) is 13.6 Å². The molecule has 6 heteroatoms. The third-order valence-electron chi connectivity index (χ3n) is 4.05. The SMILES string of the molecule is CCC(C=NOCOC)C1(C(=O)c2ccc(F)cc2F)CC1. The summed E-state index contributed by atoms with van der Waals surface area (Å²) in [6.45, 7) is 1.96. The van der Waals surface area contributed by atoms with Crippen molar-refractivity contribution in [1.82, 2.24) is 0 Å². The number of Topliss-reactive ketones (excluding diaryl/α,β-unsaturated/α-hetero) is 1. The van der Waals surface area contributed by atoms with Crippen LogP contribution in [0.1, 0.15) is 36.5 Å². The summed E-state index contributed by atoms with van der Waals surface area (Å²) >= 11 is 0. The summed E-state index contributed by atoms with van der Waals surface area (Å²) in [7, 11) is 1.48. The molecular formula is C16H19F2NO3. The number of hydrogen-bond donors (Lipinski definition) is 0. The van der Waals surface area contributed by atoms with Gasteiger partial charge in [-0.3, -0.25) is 4.79 Å². The monoisotopic (exact) mass is 311 g/mol. The number of ether oxygens (including phenoxy) is 1. The highest BCUT2D eigenvalue weighted by Crippen LogP contribution is 2.55. The molecule has 1 aliphatic rings. The number of hydrogen-bond acceptors (Lipinski definition) is 4. The zero-order valence-electron chi connectivity index (χ0n) is 12.6. The number of halogens is 2. The van der Waals surface area contributed by atoms with Gasteiger partial charge in [0.2, 0.25) is 6.79 Å². The molecule has 1 aromatic rings. The fraction of sp³-hybridized carbons (Fsp3) is 0.500. The number of carbonyl (C=O) groups is 1. The van der Waals surface area contributed by atoms with Crippen molar-refractivity contribution in [3.63, 3.8) is 0 Å². The van der Waals surface area contributed by atoms with E-state index in [4.69, 9.17) is 9.57 Å². The van der Waals surface area contributed by atoms with Gasteiger partial charge in [-0.05, 0) is 31.4 Å². The zero-order valence-corrected chi connectivity index (χ0v) is 12.6. The first kappa shape index (κ1) is 16.5. The molecule has 1 aliphatic carbocycles. The van der Waals surface area contributed by atoms with Crippen molar-refractivity contribution >= 4 is 12.0 Å².